The number of halogens is 1. The van der Waals surface area contributed by atoms with E-state index >= 15 is 0 Å². The minimum atomic E-state index is -1.28. The quantitative estimate of drug-likeness (QED) is 0.616. The lowest BCUT2D eigenvalue weighted by molar-refractivity contribution is -0.112. The molecule has 58 valence electrons. The van der Waals surface area contributed by atoms with E-state index in [9.17, 15) is 9.18 Å². The number of carbonyl (C=O) groups excluding carboxylic acids is 1. The summed E-state index contributed by atoms with van der Waals surface area (Å²) in [6.07, 6.45) is 0. The Labute approximate surface area is 68.1 Å². The number of thioether (sulfide) groups is 2. The molecule has 1 nitrogen and oxygen atoms in total. The maximum atomic E-state index is 12.5. The molecule has 0 amide bonds. The van der Waals surface area contributed by atoms with Crippen LogP contribution in [0.5, 0.6) is 0 Å². The Hall–Kier alpha value is 0.300. The van der Waals surface area contributed by atoms with Crippen molar-refractivity contribution in [2.45, 2.75) is 23.9 Å². The molecular formula is C6H9FOS2. The number of rotatable bonds is 1. The Morgan fingerprint density at radius 3 is 2.40 bits per heavy atom. The first-order valence-corrected chi connectivity index (χ1v) is 4.93. The van der Waals surface area contributed by atoms with Crippen LogP contribution in [0.4, 0.5) is 4.39 Å². The topological polar surface area (TPSA) is 17.1 Å². The van der Waals surface area contributed by atoms with Gasteiger partial charge in [0, 0.05) is 0 Å². The molecule has 1 fully saturated rings. The number of hydrogen-bond acceptors (Lipinski definition) is 3. The van der Waals surface area contributed by atoms with E-state index in [1.54, 1.807) is 0 Å². The van der Waals surface area contributed by atoms with Crippen LogP contribution in [0, 0.1) is 5.92 Å². The van der Waals surface area contributed by atoms with Crippen LogP contribution in [-0.4, -0.2) is 15.2 Å². The van der Waals surface area contributed by atoms with Gasteiger partial charge in [0.1, 0.15) is 0 Å². The zero-order valence-electron chi connectivity index (χ0n) is 5.83. The molecule has 0 aromatic heterocycles. The Kier molecular flexibility index (Phi) is 2.63. The zero-order chi connectivity index (χ0) is 7.72. The predicted molar refractivity (Wildman–Crippen MR) is 43.7 cm³/mol. The molecule has 0 aromatic carbocycles. The Morgan fingerprint density at radius 2 is 2.20 bits per heavy atom. The summed E-state index contributed by atoms with van der Waals surface area (Å²) in [5.41, 5.74) is -1.28. The van der Waals surface area contributed by atoms with Gasteiger partial charge in [-0.2, -0.15) is 0 Å². The standard InChI is InChI=1S/C6H9FOS2/c1-3(2)6-9-4(7)5(8)10-6/h3-4,6H,1-2H3. The van der Waals surface area contributed by atoms with Crippen molar-refractivity contribution in [2.75, 3.05) is 0 Å². The van der Waals surface area contributed by atoms with Gasteiger partial charge in [-0.3, -0.25) is 4.79 Å². The van der Waals surface area contributed by atoms with Crippen LogP contribution in [0.25, 0.3) is 0 Å². The molecule has 1 saturated heterocycles. The van der Waals surface area contributed by atoms with Crippen LogP contribution >= 0.6 is 23.5 Å². The summed E-state index contributed by atoms with van der Waals surface area (Å²) in [6.45, 7) is 3.99. The third-order valence-electron chi connectivity index (χ3n) is 1.22. The fraction of sp³-hybridized carbons (Fsp3) is 0.833. The van der Waals surface area contributed by atoms with Gasteiger partial charge >= 0.3 is 0 Å². The lowest BCUT2D eigenvalue weighted by atomic mass is 10.3. The minimum absolute atomic E-state index is 0.127. The maximum absolute atomic E-state index is 12.5. The number of carbonyl (C=O) groups is 1. The molecule has 2 unspecified atom stereocenters. The zero-order valence-corrected chi connectivity index (χ0v) is 7.47. The summed E-state index contributed by atoms with van der Waals surface area (Å²) in [7, 11) is 0. The number of hydrogen-bond donors (Lipinski definition) is 0. The lowest BCUT2D eigenvalue weighted by Gasteiger charge is -2.08. The van der Waals surface area contributed by atoms with Crippen LogP contribution < -0.4 is 0 Å². The molecule has 0 radical (unpaired) electrons. The van der Waals surface area contributed by atoms with Crippen molar-refractivity contribution in [3.63, 3.8) is 0 Å². The summed E-state index contributed by atoms with van der Waals surface area (Å²) in [6, 6.07) is 0. The smallest absolute Gasteiger partial charge is 0.234 e. The van der Waals surface area contributed by atoms with Crippen molar-refractivity contribution in [1.82, 2.24) is 0 Å². The predicted octanol–water partition coefficient (Wildman–Crippen LogP) is 2.27. The molecule has 0 N–H and O–H groups in total. The largest absolute Gasteiger partial charge is 0.283 e. The Morgan fingerprint density at radius 1 is 1.60 bits per heavy atom. The molecule has 0 aliphatic carbocycles. The highest BCUT2D eigenvalue weighted by Gasteiger charge is 2.35. The summed E-state index contributed by atoms with van der Waals surface area (Å²) >= 11 is 2.26. The maximum Gasteiger partial charge on any atom is 0.234 e. The summed E-state index contributed by atoms with van der Waals surface area (Å²) in [5.74, 6) is 0.375. The molecule has 0 spiro atoms. The molecular weight excluding hydrogens is 171 g/mol. The van der Waals surface area contributed by atoms with Gasteiger partial charge in [-0.25, -0.2) is 4.39 Å². The highest BCUT2D eigenvalue weighted by atomic mass is 32.2. The molecule has 0 aromatic rings. The van der Waals surface area contributed by atoms with E-state index in [-0.39, 0.29) is 9.70 Å². The Bertz CT molecular complexity index is 149. The minimum Gasteiger partial charge on any atom is -0.283 e. The highest BCUT2D eigenvalue weighted by Crippen LogP contribution is 2.43. The van der Waals surface area contributed by atoms with E-state index in [0.717, 1.165) is 23.5 Å². The van der Waals surface area contributed by atoms with Gasteiger partial charge in [0.25, 0.3) is 0 Å². The fourth-order valence-corrected chi connectivity index (χ4v) is 3.06. The monoisotopic (exact) mass is 180 g/mol. The molecule has 1 heterocycles. The second kappa shape index (κ2) is 3.13. The average Bonchev–Trinajstić information content (AvgIpc) is 2.13. The van der Waals surface area contributed by atoms with E-state index in [2.05, 4.69) is 0 Å². The van der Waals surface area contributed by atoms with E-state index in [1.807, 2.05) is 13.8 Å². The molecule has 0 bridgehead atoms. The van der Waals surface area contributed by atoms with E-state index in [1.165, 1.54) is 0 Å². The van der Waals surface area contributed by atoms with Crippen LogP contribution in [0.15, 0.2) is 0 Å². The highest BCUT2D eigenvalue weighted by molar-refractivity contribution is 8.30. The molecule has 4 heteroatoms. The van der Waals surface area contributed by atoms with Crippen molar-refractivity contribution in [1.29, 1.82) is 0 Å². The van der Waals surface area contributed by atoms with Crippen LogP contribution in [0.2, 0.25) is 0 Å². The van der Waals surface area contributed by atoms with Crippen molar-refractivity contribution in [3.8, 4) is 0 Å². The molecule has 1 rings (SSSR count). The molecule has 1 aliphatic rings. The molecule has 10 heavy (non-hydrogen) atoms. The van der Waals surface area contributed by atoms with Crippen molar-refractivity contribution < 1.29 is 9.18 Å². The van der Waals surface area contributed by atoms with Crippen LogP contribution in [-0.2, 0) is 4.79 Å². The summed E-state index contributed by atoms with van der Waals surface area (Å²) < 4.78 is 12.6. The van der Waals surface area contributed by atoms with E-state index in [0.29, 0.717) is 5.92 Å². The van der Waals surface area contributed by atoms with Crippen molar-refractivity contribution in [3.05, 3.63) is 0 Å². The lowest BCUT2D eigenvalue weighted by Crippen LogP contribution is -2.01. The molecule has 2 atom stereocenters. The van der Waals surface area contributed by atoms with Gasteiger partial charge in [0.15, 0.2) is 0 Å². The van der Waals surface area contributed by atoms with Gasteiger partial charge < -0.3 is 0 Å². The first-order valence-electron chi connectivity index (χ1n) is 3.11. The first-order chi connectivity index (χ1) is 4.61. The summed E-state index contributed by atoms with van der Waals surface area (Å²) in [4.78, 5) is 10.7. The van der Waals surface area contributed by atoms with Gasteiger partial charge in [-0.1, -0.05) is 25.6 Å². The second-order valence-electron chi connectivity index (χ2n) is 2.50. The third kappa shape index (κ3) is 1.66. The van der Waals surface area contributed by atoms with E-state index in [4.69, 9.17) is 0 Å². The van der Waals surface area contributed by atoms with Gasteiger partial charge in [-0.05, 0) is 5.92 Å². The van der Waals surface area contributed by atoms with Gasteiger partial charge in [0.2, 0.25) is 10.6 Å². The molecule has 0 saturated carbocycles. The average molecular weight is 180 g/mol. The third-order valence-corrected chi connectivity index (χ3v) is 4.47. The van der Waals surface area contributed by atoms with Gasteiger partial charge in [-0.15, -0.1) is 11.8 Å². The Balaban J connectivity index is 2.49. The number of alkyl halides is 1. The van der Waals surface area contributed by atoms with Crippen molar-refractivity contribution in [2.24, 2.45) is 5.92 Å². The fourth-order valence-electron chi connectivity index (χ4n) is 0.662. The second-order valence-corrected chi connectivity index (χ2v) is 5.14. The first kappa shape index (κ1) is 8.40. The normalized spacial score (nSPS) is 33.8. The van der Waals surface area contributed by atoms with E-state index < -0.39 is 5.50 Å². The molecule has 1 aliphatic heterocycles. The SMILES string of the molecule is CC(C)C1SC(=O)C(F)S1. The van der Waals surface area contributed by atoms with Gasteiger partial charge in [0.05, 0.1) is 4.58 Å². The van der Waals surface area contributed by atoms with Crippen molar-refractivity contribution >= 4 is 28.6 Å². The van der Waals surface area contributed by atoms with Crippen LogP contribution in [0.3, 0.4) is 0 Å². The summed E-state index contributed by atoms with van der Waals surface area (Å²) in [5, 5.41) is -0.316. The van der Waals surface area contributed by atoms with Crippen LogP contribution in [0.1, 0.15) is 13.8 Å².